The van der Waals surface area contributed by atoms with Crippen molar-refractivity contribution in [2.75, 3.05) is 17.3 Å². The molecular formula is C17H28N4O3S2. The zero-order valence-electron chi connectivity index (χ0n) is 15.5. The maximum Gasteiger partial charge on any atom is 0.230 e. The fourth-order valence-electron chi connectivity index (χ4n) is 3.85. The molecule has 0 spiro atoms. The van der Waals surface area contributed by atoms with Gasteiger partial charge in [-0.15, -0.1) is 10.2 Å². The van der Waals surface area contributed by atoms with Gasteiger partial charge in [0.05, 0.1) is 17.3 Å². The summed E-state index contributed by atoms with van der Waals surface area (Å²) in [5, 5.41) is 12.2. The Kier molecular flexibility index (Phi) is 6.27. The van der Waals surface area contributed by atoms with Gasteiger partial charge in [0.1, 0.15) is 5.82 Å². The standard InChI is InChI=1S/C17H28N4O3S2/c1-12-5-3-4-6-14(12)18-16(22)10-25-17-20-19-15(21(17)2)9-13-7-8-26(23,24)11-13/h12-14H,3-11H2,1-2H3,(H,18,22)/t12-,13+,14+/m1/s1. The van der Waals surface area contributed by atoms with Gasteiger partial charge in [-0.2, -0.15) is 0 Å². The van der Waals surface area contributed by atoms with Crippen molar-refractivity contribution in [2.45, 2.75) is 56.6 Å². The molecule has 1 saturated heterocycles. The fraction of sp³-hybridized carbons (Fsp3) is 0.824. The molecule has 1 aliphatic heterocycles. The maximum atomic E-state index is 12.2. The third-order valence-corrected chi connectivity index (χ3v) is 8.37. The number of hydrogen-bond acceptors (Lipinski definition) is 6. The van der Waals surface area contributed by atoms with E-state index in [2.05, 4.69) is 22.4 Å². The molecule has 1 amide bonds. The van der Waals surface area contributed by atoms with Crippen LogP contribution in [0.25, 0.3) is 0 Å². The Bertz CT molecular complexity index is 747. The van der Waals surface area contributed by atoms with Crippen LogP contribution in [0.5, 0.6) is 0 Å². The molecule has 1 saturated carbocycles. The van der Waals surface area contributed by atoms with E-state index in [1.165, 1.54) is 31.0 Å². The van der Waals surface area contributed by atoms with E-state index in [1.807, 2.05) is 11.6 Å². The topological polar surface area (TPSA) is 94.0 Å². The average Bonchev–Trinajstić information content (AvgIpc) is 3.11. The van der Waals surface area contributed by atoms with Gasteiger partial charge in [-0.25, -0.2) is 8.42 Å². The summed E-state index contributed by atoms with van der Waals surface area (Å²) >= 11 is 1.38. The fourth-order valence-corrected chi connectivity index (χ4v) is 6.45. The van der Waals surface area contributed by atoms with Crippen LogP contribution in [0.1, 0.15) is 44.9 Å². The number of carbonyl (C=O) groups excluding carboxylic acids is 1. The molecule has 7 nitrogen and oxygen atoms in total. The molecule has 1 aromatic rings. The monoisotopic (exact) mass is 400 g/mol. The Hall–Kier alpha value is -1.09. The zero-order chi connectivity index (χ0) is 18.7. The minimum atomic E-state index is -2.88. The third kappa shape index (κ3) is 5.00. The van der Waals surface area contributed by atoms with E-state index in [9.17, 15) is 13.2 Å². The zero-order valence-corrected chi connectivity index (χ0v) is 17.1. The van der Waals surface area contributed by atoms with Crippen LogP contribution in [0.4, 0.5) is 0 Å². The second-order valence-electron chi connectivity index (χ2n) is 7.66. The van der Waals surface area contributed by atoms with Crippen molar-refractivity contribution >= 4 is 27.5 Å². The largest absolute Gasteiger partial charge is 0.352 e. The highest BCUT2D eigenvalue weighted by molar-refractivity contribution is 7.99. The number of nitrogens with zero attached hydrogens (tertiary/aromatic N) is 3. The second kappa shape index (κ2) is 8.29. The summed E-state index contributed by atoms with van der Waals surface area (Å²) in [6, 6.07) is 0.288. The molecule has 9 heteroatoms. The van der Waals surface area contributed by atoms with E-state index < -0.39 is 9.84 Å². The first-order valence-electron chi connectivity index (χ1n) is 9.35. The Labute approximate surface area is 159 Å². The lowest BCUT2D eigenvalue weighted by Crippen LogP contribution is -2.41. The minimum Gasteiger partial charge on any atom is -0.352 e. The molecule has 2 fully saturated rings. The molecule has 3 rings (SSSR count). The van der Waals surface area contributed by atoms with Gasteiger partial charge in [0.25, 0.3) is 0 Å². The van der Waals surface area contributed by atoms with E-state index in [4.69, 9.17) is 0 Å². The van der Waals surface area contributed by atoms with Crippen LogP contribution in [0.15, 0.2) is 5.16 Å². The van der Waals surface area contributed by atoms with Crippen molar-refractivity contribution in [3.05, 3.63) is 5.82 Å². The van der Waals surface area contributed by atoms with Crippen LogP contribution in [0.3, 0.4) is 0 Å². The minimum absolute atomic E-state index is 0.0418. The molecule has 0 radical (unpaired) electrons. The average molecular weight is 401 g/mol. The second-order valence-corrected chi connectivity index (χ2v) is 10.8. The molecule has 0 bridgehead atoms. The van der Waals surface area contributed by atoms with Crippen molar-refractivity contribution in [1.29, 1.82) is 0 Å². The van der Waals surface area contributed by atoms with Crippen molar-refractivity contribution < 1.29 is 13.2 Å². The van der Waals surface area contributed by atoms with Crippen LogP contribution >= 0.6 is 11.8 Å². The summed E-state index contributed by atoms with van der Waals surface area (Å²) in [5.74, 6) is 2.34. The Balaban J connectivity index is 1.49. The molecule has 1 N–H and O–H groups in total. The first-order chi connectivity index (χ1) is 12.3. The number of rotatable bonds is 6. The highest BCUT2D eigenvalue weighted by Gasteiger charge is 2.29. The van der Waals surface area contributed by atoms with Crippen molar-refractivity contribution in [2.24, 2.45) is 18.9 Å². The number of nitrogens with one attached hydrogen (secondary N) is 1. The lowest BCUT2D eigenvalue weighted by molar-refractivity contribution is -0.119. The number of hydrogen-bond donors (Lipinski definition) is 1. The predicted octanol–water partition coefficient (Wildman–Crippen LogP) is 1.58. The van der Waals surface area contributed by atoms with E-state index in [0.29, 0.717) is 29.7 Å². The van der Waals surface area contributed by atoms with E-state index in [-0.39, 0.29) is 29.4 Å². The number of sulfone groups is 1. The van der Waals surface area contributed by atoms with E-state index in [1.54, 1.807) is 0 Å². The molecular weight excluding hydrogens is 372 g/mol. The Morgan fingerprint density at radius 3 is 2.73 bits per heavy atom. The smallest absolute Gasteiger partial charge is 0.230 e. The van der Waals surface area contributed by atoms with Crippen LogP contribution in [-0.2, 0) is 28.1 Å². The number of aromatic nitrogens is 3. The number of amides is 1. The normalized spacial score (nSPS) is 28.2. The van der Waals surface area contributed by atoms with Crippen molar-refractivity contribution in [3.8, 4) is 0 Å². The molecule has 2 heterocycles. The summed E-state index contributed by atoms with van der Waals surface area (Å²) in [7, 11) is -1.00. The van der Waals surface area contributed by atoms with Crippen LogP contribution < -0.4 is 5.32 Å². The van der Waals surface area contributed by atoms with Gasteiger partial charge < -0.3 is 9.88 Å². The molecule has 1 aromatic heterocycles. The summed E-state index contributed by atoms with van der Waals surface area (Å²) in [4.78, 5) is 12.2. The molecule has 146 valence electrons. The third-order valence-electron chi connectivity index (χ3n) is 5.51. The van der Waals surface area contributed by atoms with Gasteiger partial charge in [-0.1, -0.05) is 31.5 Å². The highest BCUT2D eigenvalue weighted by Crippen LogP contribution is 2.25. The molecule has 0 aromatic carbocycles. The van der Waals surface area contributed by atoms with Gasteiger partial charge in [0.15, 0.2) is 15.0 Å². The van der Waals surface area contributed by atoms with E-state index in [0.717, 1.165) is 12.2 Å². The Morgan fingerprint density at radius 2 is 2.04 bits per heavy atom. The SMILES string of the molecule is C[C@@H]1CCCC[C@@H]1NC(=O)CSc1nnc(C[C@@H]2CCS(=O)(=O)C2)n1C. The predicted molar refractivity (Wildman–Crippen MR) is 102 cm³/mol. The summed E-state index contributed by atoms with van der Waals surface area (Å²) < 4.78 is 25.1. The highest BCUT2D eigenvalue weighted by atomic mass is 32.2. The maximum absolute atomic E-state index is 12.2. The lowest BCUT2D eigenvalue weighted by atomic mass is 9.86. The quantitative estimate of drug-likeness (QED) is 0.729. The Morgan fingerprint density at radius 1 is 1.27 bits per heavy atom. The number of thioether (sulfide) groups is 1. The van der Waals surface area contributed by atoms with Crippen LogP contribution in [-0.4, -0.2) is 52.4 Å². The molecule has 1 aliphatic carbocycles. The first kappa shape index (κ1) is 19.7. The summed E-state index contributed by atoms with van der Waals surface area (Å²) in [6.45, 7) is 2.20. The molecule has 2 aliphatic rings. The van der Waals surface area contributed by atoms with Crippen molar-refractivity contribution in [1.82, 2.24) is 20.1 Å². The van der Waals surface area contributed by atoms with E-state index >= 15 is 0 Å². The molecule has 0 unspecified atom stereocenters. The van der Waals surface area contributed by atoms with Crippen LogP contribution in [0.2, 0.25) is 0 Å². The van der Waals surface area contributed by atoms with Gasteiger partial charge in [-0.05, 0) is 31.1 Å². The number of carbonyl (C=O) groups is 1. The van der Waals surface area contributed by atoms with Gasteiger partial charge >= 0.3 is 0 Å². The summed E-state index contributed by atoms with van der Waals surface area (Å²) in [6.07, 6.45) is 6.00. The molecule has 3 atom stereocenters. The van der Waals surface area contributed by atoms with Gasteiger partial charge in [-0.3, -0.25) is 4.79 Å². The molecule has 26 heavy (non-hydrogen) atoms. The van der Waals surface area contributed by atoms with Crippen LogP contribution in [0, 0.1) is 11.8 Å². The van der Waals surface area contributed by atoms with Gasteiger partial charge in [0, 0.05) is 19.5 Å². The lowest BCUT2D eigenvalue weighted by Gasteiger charge is -2.29. The van der Waals surface area contributed by atoms with Gasteiger partial charge in [0.2, 0.25) is 5.91 Å². The summed E-state index contributed by atoms with van der Waals surface area (Å²) in [5.41, 5.74) is 0. The van der Waals surface area contributed by atoms with Crippen molar-refractivity contribution in [3.63, 3.8) is 0 Å². The first-order valence-corrected chi connectivity index (χ1v) is 12.2.